The van der Waals surface area contributed by atoms with Crippen molar-refractivity contribution in [1.29, 1.82) is 0 Å². The van der Waals surface area contributed by atoms with Crippen molar-refractivity contribution in [2.75, 3.05) is 12.4 Å². The quantitative estimate of drug-likeness (QED) is 0.124. The molecule has 4 nitrogen and oxygen atoms in total. The molecule has 0 bridgehead atoms. The maximum Gasteiger partial charge on any atom is 0.341 e. The summed E-state index contributed by atoms with van der Waals surface area (Å²) in [7, 11) is 0. The van der Waals surface area contributed by atoms with Gasteiger partial charge >= 0.3 is 5.97 Å². The first-order chi connectivity index (χ1) is 14.6. The van der Waals surface area contributed by atoms with Crippen molar-refractivity contribution in [2.45, 2.75) is 11.1 Å². The summed E-state index contributed by atoms with van der Waals surface area (Å²) in [5.41, 5.74) is 2.62. The van der Waals surface area contributed by atoms with Gasteiger partial charge in [0.15, 0.2) is 0 Å². The van der Waals surface area contributed by atoms with Gasteiger partial charge in [-0.3, -0.25) is 4.79 Å². The first-order valence-electron chi connectivity index (χ1n) is 9.33. The van der Waals surface area contributed by atoms with Gasteiger partial charge in [-0.2, -0.15) is 0 Å². The van der Waals surface area contributed by atoms with Crippen molar-refractivity contribution in [3.63, 3.8) is 0 Å². The van der Waals surface area contributed by atoms with Crippen LogP contribution in [0.15, 0.2) is 70.0 Å². The Kier molecular flexibility index (Phi) is 6.13. The lowest BCUT2D eigenvalue weighted by Crippen LogP contribution is -2.06. The zero-order valence-corrected chi connectivity index (χ0v) is 19.4. The number of hydrogen-bond acceptors (Lipinski definition) is 5. The number of thiophene rings is 1. The minimum absolute atomic E-state index is 0.107. The number of rotatable bonds is 7. The highest BCUT2D eigenvalue weighted by Crippen LogP contribution is 2.43. The lowest BCUT2D eigenvalue weighted by Gasteiger charge is -2.04. The van der Waals surface area contributed by atoms with E-state index in [1.165, 1.54) is 11.3 Å². The van der Waals surface area contributed by atoms with Gasteiger partial charge < -0.3 is 9.14 Å². The predicted octanol–water partition coefficient (Wildman–Crippen LogP) is 6.60. The number of ether oxygens (including phenoxy) is 1. The number of halogens is 1. The molecule has 3 heterocycles. The molecule has 0 N–H and O–H groups in total. The van der Waals surface area contributed by atoms with Crippen LogP contribution >= 0.6 is 39.0 Å². The molecule has 0 aliphatic rings. The second kappa shape index (κ2) is 8.79. The van der Waals surface area contributed by atoms with E-state index >= 15 is 0 Å². The van der Waals surface area contributed by atoms with E-state index in [4.69, 9.17) is 4.74 Å². The first-order valence-corrected chi connectivity index (χ1v) is 11.9. The smallest absolute Gasteiger partial charge is 0.341 e. The predicted molar refractivity (Wildman–Crippen MR) is 127 cm³/mol. The minimum Gasteiger partial charge on any atom is -0.462 e. The fourth-order valence-corrected chi connectivity index (χ4v) is 5.91. The van der Waals surface area contributed by atoms with Crippen molar-refractivity contribution in [3.05, 3.63) is 81.8 Å². The Hall–Kier alpha value is -2.35. The van der Waals surface area contributed by atoms with E-state index in [0.29, 0.717) is 27.1 Å². The highest BCUT2D eigenvalue weighted by Gasteiger charge is 2.29. The average Bonchev–Trinajstić information content (AvgIpc) is 3.28. The molecule has 152 valence electrons. The van der Waals surface area contributed by atoms with Gasteiger partial charge in [-0.1, -0.05) is 28.1 Å². The molecule has 0 radical (unpaired) electrons. The van der Waals surface area contributed by atoms with E-state index in [2.05, 4.69) is 22.5 Å². The van der Waals surface area contributed by atoms with Crippen molar-refractivity contribution in [2.24, 2.45) is 0 Å². The normalized spacial score (nSPS) is 11.1. The highest BCUT2D eigenvalue weighted by atomic mass is 79.9. The molecule has 4 aromatic rings. The second-order valence-electron chi connectivity index (χ2n) is 6.43. The van der Waals surface area contributed by atoms with Crippen LogP contribution < -0.4 is 0 Å². The number of ketones is 1. The number of esters is 1. The monoisotopic (exact) mass is 499 g/mol. The first kappa shape index (κ1) is 20.9. The van der Waals surface area contributed by atoms with E-state index in [1.807, 2.05) is 47.0 Å². The van der Waals surface area contributed by atoms with Gasteiger partial charge in [0, 0.05) is 27.4 Å². The number of carbonyl (C=O) groups excluding carboxylic acids is 2. The van der Waals surface area contributed by atoms with Crippen molar-refractivity contribution >= 4 is 67.2 Å². The van der Waals surface area contributed by atoms with E-state index in [1.54, 1.807) is 30.8 Å². The molecule has 0 aliphatic heterocycles. The van der Waals surface area contributed by atoms with Crippen LogP contribution in [0.1, 0.15) is 32.5 Å². The number of aromatic nitrogens is 1. The number of hydrogen-bond donors (Lipinski definition) is 0. The molecule has 0 atom stereocenters. The molecule has 0 fully saturated rings. The Labute approximate surface area is 190 Å². The highest BCUT2D eigenvalue weighted by molar-refractivity contribution is 9.10. The summed E-state index contributed by atoms with van der Waals surface area (Å²) in [4.78, 5) is 27.0. The number of carbonyl (C=O) groups is 2. The van der Waals surface area contributed by atoms with Gasteiger partial charge in [-0.15, -0.1) is 29.7 Å². The molecule has 0 spiro atoms. The largest absolute Gasteiger partial charge is 0.462 e. The summed E-state index contributed by atoms with van der Waals surface area (Å²) in [6.45, 7) is 5.85. The second-order valence-corrected chi connectivity index (χ2v) is 9.65. The van der Waals surface area contributed by atoms with Crippen LogP contribution in [0.3, 0.4) is 0 Å². The molecular weight excluding hydrogens is 482 g/mol. The van der Waals surface area contributed by atoms with E-state index < -0.39 is 5.97 Å². The summed E-state index contributed by atoms with van der Waals surface area (Å²) in [6, 6.07) is 12.9. The molecule has 3 aromatic heterocycles. The SMILES string of the molecule is C=CCSc1sc(C(=O)c2ccc(Br)cc2)c2c(C(=O)OCC)c3ccccn3c12. The molecule has 30 heavy (non-hydrogen) atoms. The maximum atomic E-state index is 13.5. The lowest BCUT2D eigenvalue weighted by molar-refractivity contribution is 0.0531. The van der Waals surface area contributed by atoms with Gasteiger partial charge in [0.1, 0.15) is 0 Å². The van der Waals surface area contributed by atoms with Crippen molar-refractivity contribution in [1.82, 2.24) is 4.40 Å². The molecule has 0 amide bonds. The molecule has 4 rings (SSSR count). The van der Waals surface area contributed by atoms with Crippen LogP contribution in [0.5, 0.6) is 0 Å². The third kappa shape index (κ3) is 3.62. The third-order valence-electron chi connectivity index (χ3n) is 4.58. The molecule has 7 heteroatoms. The average molecular weight is 500 g/mol. The Morgan fingerprint density at radius 1 is 1.23 bits per heavy atom. The van der Waals surface area contributed by atoms with Gasteiger partial charge in [-0.25, -0.2) is 4.79 Å². The number of thioether (sulfide) groups is 1. The molecule has 0 aliphatic carbocycles. The Morgan fingerprint density at radius 2 is 2.00 bits per heavy atom. The fraction of sp³-hybridized carbons (Fsp3) is 0.130. The van der Waals surface area contributed by atoms with Gasteiger partial charge in [0.2, 0.25) is 5.78 Å². The van der Waals surface area contributed by atoms with E-state index in [-0.39, 0.29) is 12.4 Å². The summed E-state index contributed by atoms with van der Waals surface area (Å²) in [5, 5.41) is 0.657. The molecule has 1 aromatic carbocycles. The molecule has 0 saturated carbocycles. The van der Waals surface area contributed by atoms with Crippen LogP contribution in [-0.4, -0.2) is 28.5 Å². The van der Waals surface area contributed by atoms with E-state index in [9.17, 15) is 9.59 Å². The Bertz CT molecular complexity index is 1270. The van der Waals surface area contributed by atoms with Crippen LogP contribution in [0.4, 0.5) is 0 Å². The summed E-state index contributed by atoms with van der Waals surface area (Å²) in [6.07, 6.45) is 3.74. The van der Waals surface area contributed by atoms with Crippen LogP contribution in [0, 0.1) is 0 Å². The standard InChI is InChI=1S/C23H18BrNO3S2/c1-3-13-29-23-19-18(21(30-23)20(26)14-8-10-15(24)11-9-14)17(22(27)28-4-2)16-7-5-6-12-25(16)19/h3,5-12H,1,4,13H2,2H3. The van der Waals surface area contributed by atoms with Crippen LogP contribution in [0.25, 0.3) is 16.4 Å². The molecule has 0 unspecified atom stereocenters. The fourth-order valence-electron chi connectivity index (χ4n) is 3.36. The number of benzene rings is 1. The van der Waals surface area contributed by atoms with Crippen LogP contribution in [-0.2, 0) is 4.74 Å². The maximum absolute atomic E-state index is 13.5. The number of fused-ring (bicyclic) bond motifs is 3. The zero-order valence-electron chi connectivity index (χ0n) is 16.2. The lowest BCUT2D eigenvalue weighted by atomic mass is 10.1. The van der Waals surface area contributed by atoms with Crippen molar-refractivity contribution in [3.8, 4) is 0 Å². The van der Waals surface area contributed by atoms with Gasteiger partial charge in [0.25, 0.3) is 0 Å². The zero-order chi connectivity index (χ0) is 21.3. The van der Waals surface area contributed by atoms with Gasteiger partial charge in [-0.05, 0) is 43.3 Å². The summed E-state index contributed by atoms with van der Waals surface area (Å²) >= 11 is 6.43. The number of pyridine rings is 1. The van der Waals surface area contributed by atoms with Gasteiger partial charge in [0.05, 0.1) is 32.3 Å². The van der Waals surface area contributed by atoms with E-state index in [0.717, 1.165) is 19.7 Å². The Morgan fingerprint density at radius 3 is 2.70 bits per heavy atom. The molecule has 0 saturated heterocycles. The third-order valence-corrected chi connectivity index (χ3v) is 7.55. The van der Waals surface area contributed by atoms with Crippen molar-refractivity contribution < 1.29 is 14.3 Å². The Balaban J connectivity index is 2.04. The van der Waals surface area contributed by atoms with Crippen LogP contribution in [0.2, 0.25) is 0 Å². The topological polar surface area (TPSA) is 47.8 Å². The number of nitrogens with zero attached hydrogens (tertiary/aromatic N) is 1. The summed E-state index contributed by atoms with van der Waals surface area (Å²) < 4.78 is 9.21. The minimum atomic E-state index is -0.417. The molecular formula is C23H18BrNO3S2. The summed E-state index contributed by atoms with van der Waals surface area (Å²) in [5.74, 6) is 0.180.